The quantitative estimate of drug-likeness (QED) is 0.0493. The molecule has 3 heterocycles. The Morgan fingerprint density at radius 2 is 1.46 bits per heavy atom. The van der Waals surface area contributed by atoms with E-state index in [-0.39, 0.29) is 50.0 Å². The third-order valence-corrected chi connectivity index (χ3v) is 11.6. The molecule has 19 heteroatoms. The van der Waals surface area contributed by atoms with Crippen molar-refractivity contribution >= 4 is 35.8 Å². The van der Waals surface area contributed by atoms with Crippen LogP contribution in [0.25, 0.3) is 0 Å². The maximum absolute atomic E-state index is 14.3. The van der Waals surface area contributed by atoms with E-state index in [1.807, 2.05) is 41.5 Å². The Morgan fingerprint density at radius 3 is 2.00 bits per heavy atom. The van der Waals surface area contributed by atoms with Crippen molar-refractivity contribution in [3.8, 4) is 0 Å². The zero-order chi connectivity index (χ0) is 46.2. The maximum Gasteiger partial charge on any atom is 0.243 e. The van der Waals surface area contributed by atoms with Crippen molar-refractivity contribution in [2.75, 3.05) is 13.1 Å². The lowest BCUT2D eigenvalue weighted by atomic mass is 9.85. The van der Waals surface area contributed by atoms with Crippen LogP contribution in [0.5, 0.6) is 0 Å². The van der Waals surface area contributed by atoms with Gasteiger partial charge in [0.2, 0.25) is 29.5 Å². The molecule has 2 aromatic heterocycles. The molecule has 5 amide bonds. The van der Waals surface area contributed by atoms with E-state index < -0.39 is 77.9 Å². The second kappa shape index (κ2) is 24.4. The summed E-state index contributed by atoms with van der Waals surface area (Å²) < 4.78 is 0. The third-order valence-electron chi connectivity index (χ3n) is 11.6. The number of H-pyrrole nitrogens is 2. The summed E-state index contributed by atoms with van der Waals surface area (Å²) in [5.74, 6) is -4.38. The minimum atomic E-state index is -1.23. The number of imidazole rings is 2. The van der Waals surface area contributed by atoms with Crippen LogP contribution in [-0.4, -0.2) is 126 Å². The van der Waals surface area contributed by atoms with Gasteiger partial charge in [-0.2, -0.15) is 0 Å². The number of hydrazine groups is 1. The number of nitrogens with two attached hydrogens (primary N) is 1. The minimum absolute atomic E-state index is 0.0000422. The number of nitrogens with one attached hydrogen (secondary N) is 7. The molecule has 0 radical (unpaired) electrons. The summed E-state index contributed by atoms with van der Waals surface area (Å²) in [6.45, 7) is 12.0. The molecule has 0 spiro atoms. The Hall–Kier alpha value is -5.50. The van der Waals surface area contributed by atoms with Crippen molar-refractivity contribution in [1.82, 2.24) is 51.6 Å². The number of hydrogen-bond acceptors (Lipinski definition) is 12. The van der Waals surface area contributed by atoms with Crippen LogP contribution < -0.4 is 32.4 Å². The van der Waals surface area contributed by atoms with Crippen molar-refractivity contribution in [2.45, 2.75) is 129 Å². The average Bonchev–Trinajstić information content (AvgIpc) is 4.05. The number of β-amino-alcohol motifs (C(OH)–C–C–N with tert-alkyl or cyclic N) is 1. The molecule has 4 rings (SSSR count). The number of rotatable bonds is 26. The number of nitrogens with zero attached hydrogens (tertiary/aromatic N) is 3. The standard InChI is InChI=1S/C44H67N11O8/c1-7-27(6)39(44(63)51-35(40(45)59)16-30-19-46-23-48-30)53-41(60)33(26(4)5)18-38(58)34(14-25(2)3)50-42(61)36(17-31-20-47-24-49-31)52-43(62)37(54-55-13-12-32(57)21-55)15-28-10-8-9-11-29(28)22-56/h8-11,19-20,22-27,32-39,54,57-58H,7,12-18,21H2,1-6H3,(H2,45,59)(H,46,48)(H,47,49)(H,50,61)(H,51,63)(H,52,62)(H,53,60)/t27-,32+,33-,34-,35?,36?,37?,38-,39-/m0/s1. The summed E-state index contributed by atoms with van der Waals surface area (Å²) in [5, 5.41) is 35.2. The van der Waals surface area contributed by atoms with Crippen molar-refractivity contribution in [2.24, 2.45) is 29.4 Å². The van der Waals surface area contributed by atoms with Crippen LogP contribution in [-0.2, 0) is 43.2 Å². The SMILES string of the molecule is CC[C@H](C)[C@H](NC(=O)[C@@H](C[C@H](O)[C@H](CC(C)C)NC(=O)C(Cc1c[nH]cn1)NC(=O)C(Cc1ccccc1C=O)NN1CC[C@@H](O)C1)C(C)C)C(=O)NC(Cc1c[nH]cn1)C(N)=O. The Kier molecular flexibility index (Phi) is 19.4. The van der Waals surface area contributed by atoms with Gasteiger partial charge in [0.05, 0.1) is 42.3 Å². The highest BCUT2D eigenvalue weighted by atomic mass is 16.3. The number of primary amides is 1. The van der Waals surface area contributed by atoms with Gasteiger partial charge in [-0.3, -0.25) is 28.8 Å². The average molecular weight is 878 g/mol. The second-order valence-electron chi connectivity index (χ2n) is 17.4. The third kappa shape index (κ3) is 15.4. The molecule has 0 bridgehead atoms. The summed E-state index contributed by atoms with van der Waals surface area (Å²) in [5.41, 5.74) is 10.9. The number of carbonyl (C=O) groups excluding carboxylic acids is 6. The molecule has 1 aliphatic heterocycles. The molecule has 3 aromatic rings. The van der Waals surface area contributed by atoms with Gasteiger partial charge < -0.3 is 47.2 Å². The van der Waals surface area contributed by atoms with Crippen LogP contribution in [0.15, 0.2) is 49.3 Å². The van der Waals surface area contributed by atoms with Crippen LogP contribution >= 0.6 is 0 Å². The van der Waals surface area contributed by atoms with E-state index >= 15 is 0 Å². The number of aldehydes is 1. The van der Waals surface area contributed by atoms with Crippen molar-refractivity contribution in [1.29, 1.82) is 0 Å². The van der Waals surface area contributed by atoms with E-state index in [9.17, 15) is 39.0 Å². The monoisotopic (exact) mass is 878 g/mol. The lowest BCUT2D eigenvalue weighted by Gasteiger charge is -2.33. The highest BCUT2D eigenvalue weighted by Gasteiger charge is 2.37. The molecule has 1 aliphatic rings. The molecular formula is C44H67N11O8. The fourth-order valence-electron chi connectivity index (χ4n) is 7.69. The van der Waals surface area contributed by atoms with Gasteiger partial charge in [0.15, 0.2) is 0 Å². The van der Waals surface area contributed by atoms with Crippen LogP contribution in [0, 0.1) is 23.7 Å². The first-order chi connectivity index (χ1) is 30.0. The predicted octanol–water partition coefficient (Wildman–Crippen LogP) is 0.453. The van der Waals surface area contributed by atoms with Crippen LogP contribution in [0.1, 0.15) is 94.5 Å². The van der Waals surface area contributed by atoms with Crippen LogP contribution in [0.4, 0.5) is 0 Å². The Bertz CT molecular complexity index is 1930. The molecule has 63 heavy (non-hydrogen) atoms. The molecule has 11 N–H and O–H groups in total. The van der Waals surface area contributed by atoms with Gasteiger partial charge in [-0.25, -0.2) is 20.4 Å². The van der Waals surface area contributed by atoms with Crippen molar-refractivity contribution in [3.63, 3.8) is 0 Å². The number of aliphatic hydroxyl groups excluding tert-OH is 2. The summed E-state index contributed by atoms with van der Waals surface area (Å²) in [6, 6.07) is 1.86. The van der Waals surface area contributed by atoms with Crippen molar-refractivity contribution in [3.05, 3.63) is 71.8 Å². The van der Waals surface area contributed by atoms with Crippen LogP contribution in [0.2, 0.25) is 0 Å². The highest BCUT2D eigenvalue weighted by Crippen LogP contribution is 2.23. The van der Waals surface area contributed by atoms with Gasteiger partial charge >= 0.3 is 0 Å². The molecule has 1 fully saturated rings. The number of aromatic nitrogens is 4. The molecular weight excluding hydrogens is 811 g/mol. The molecule has 1 saturated heterocycles. The van der Waals surface area contributed by atoms with E-state index in [1.54, 1.807) is 41.7 Å². The molecule has 1 aromatic carbocycles. The van der Waals surface area contributed by atoms with Gasteiger partial charge in [-0.05, 0) is 49.0 Å². The van der Waals surface area contributed by atoms with E-state index in [0.29, 0.717) is 48.3 Å². The van der Waals surface area contributed by atoms with Gasteiger partial charge in [0.1, 0.15) is 30.5 Å². The fraction of sp³-hybridized carbons (Fsp3) is 0.591. The second-order valence-corrected chi connectivity index (χ2v) is 17.4. The van der Waals surface area contributed by atoms with Gasteiger partial charge in [-0.15, -0.1) is 0 Å². The normalized spacial score (nSPS) is 18.1. The van der Waals surface area contributed by atoms with E-state index in [0.717, 1.165) is 6.29 Å². The van der Waals surface area contributed by atoms with Gasteiger partial charge in [-0.1, -0.05) is 72.2 Å². The minimum Gasteiger partial charge on any atom is -0.392 e. The number of benzene rings is 1. The molecule has 0 aliphatic carbocycles. The van der Waals surface area contributed by atoms with E-state index in [4.69, 9.17) is 5.73 Å². The first-order valence-corrected chi connectivity index (χ1v) is 21.9. The smallest absolute Gasteiger partial charge is 0.243 e. The number of hydrogen-bond donors (Lipinski definition) is 10. The zero-order valence-corrected chi connectivity index (χ0v) is 37.2. The summed E-state index contributed by atoms with van der Waals surface area (Å²) in [7, 11) is 0. The van der Waals surface area contributed by atoms with Crippen molar-refractivity contribution < 1.29 is 39.0 Å². The summed E-state index contributed by atoms with van der Waals surface area (Å²) in [4.78, 5) is 94.6. The fourth-order valence-corrected chi connectivity index (χ4v) is 7.69. The molecule has 346 valence electrons. The van der Waals surface area contributed by atoms with E-state index in [2.05, 4.69) is 46.6 Å². The predicted molar refractivity (Wildman–Crippen MR) is 234 cm³/mol. The zero-order valence-electron chi connectivity index (χ0n) is 37.2. The van der Waals surface area contributed by atoms with Crippen LogP contribution in [0.3, 0.4) is 0 Å². The Labute approximate surface area is 368 Å². The molecule has 3 unspecified atom stereocenters. The molecule has 19 nitrogen and oxygen atoms in total. The summed E-state index contributed by atoms with van der Waals surface area (Å²) in [6.07, 6.45) is 6.48. The lowest BCUT2D eigenvalue weighted by Crippen LogP contribution is -2.59. The topological polar surface area (TPSA) is 290 Å². The maximum atomic E-state index is 14.3. The highest BCUT2D eigenvalue weighted by molar-refractivity contribution is 5.93. The van der Waals surface area contributed by atoms with Gasteiger partial charge in [0, 0.05) is 49.8 Å². The first kappa shape index (κ1) is 50.1. The lowest BCUT2D eigenvalue weighted by molar-refractivity contribution is -0.135. The van der Waals surface area contributed by atoms with Gasteiger partial charge in [0.25, 0.3) is 0 Å². The number of aromatic amines is 2. The number of amides is 5. The Balaban J connectivity index is 1.53. The first-order valence-electron chi connectivity index (χ1n) is 21.9. The Morgan fingerprint density at radius 1 is 0.841 bits per heavy atom. The summed E-state index contributed by atoms with van der Waals surface area (Å²) >= 11 is 0. The largest absolute Gasteiger partial charge is 0.392 e. The van der Waals surface area contributed by atoms with E-state index in [1.165, 1.54) is 12.7 Å². The number of carbonyl (C=O) groups is 6. The molecule has 0 saturated carbocycles. The molecule has 9 atom stereocenters. The number of aliphatic hydroxyl groups is 2.